The number of rotatable bonds is 6. The molecule has 0 fully saturated rings. The van der Waals surface area contributed by atoms with E-state index in [0.29, 0.717) is 23.4 Å². The van der Waals surface area contributed by atoms with Crippen LogP contribution in [0.4, 0.5) is 11.8 Å². The standard InChI is InChI=1S/C9H15N7O2S/c1-2-13-19(17,18)4-3-11-7-6-5-12-16-8(6)15-9(10)14-7/h5,13H,2-4H2,1H3,(H4,10,11,12,14,15,16). The van der Waals surface area contributed by atoms with Crippen LogP contribution < -0.4 is 15.8 Å². The number of anilines is 2. The van der Waals surface area contributed by atoms with Gasteiger partial charge in [0.15, 0.2) is 5.65 Å². The summed E-state index contributed by atoms with van der Waals surface area (Å²) in [7, 11) is -3.26. The molecule has 0 radical (unpaired) electrons. The molecular formula is C9H15N7O2S. The van der Waals surface area contributed by atoms with Crippen molar-refractivity contribution in [3.8, 4) is 0 Å². The zero-order valence-electron chi connectivity index (χ0n) is 10.3. The van der Waals surface area contributed by atoms with Gasteiger partial charge in [-0.3, -0.25) is 5.10 Å². The number of fused-ring (bicyclic) bond motifs is 1. The van der Waals surface area contributed by atoms with Crippen LogP contribution in [0, 0.1) is 0 Å². The molecule has 10 heteroatoms. The topological polar surface area (TPSA) is 139 Å². The molecule has 0 aliphatic carbocycles. The molecule has 0 atom stereocenters. The second-order valence-corrected chi connectivity index (χ2v) is 5.73. The summed E-state index contributed by atoms with van der Waals surface area (Å²) in [5.41, 5.74) is 6.05. The van der Waals surface area contributed by atoms with Gasteiger partial charge in [-0.1, -0.05) is 6.92 Å². The molecule has 0 saturated carbocycles. The Morgan fingerprint density at radius 1 is 1.42 bits per heavy atom. The van der Waals surface area contributed by atoms with E-state index >= 15 is 0 Å². The van der Waals surface area contributed by atoms with Gasteiger partial charge in [0.05, 0.1) is 17.3 Å². The minimum Gasteiger partial charge on any atom is -0.368 e. The van der Waals surface area contributed by atoms with Crippen molar-refractivity contribution < 1.29 is 8.42 Å². The molecule has 0 bridgehead atoms. The van der Waals surface area contributed by atoms with Gasteiger partial charge >= 0.3 is 0 Å². The molecule has 0 spiro atoms. The summed E-state index contributed by atoms with van der Waals surface area (Å²) >= 11 is 0. The van der Waals surface area contributed by atoms with Crippen molar-refractivity contribution in [1.82, 2.24) is 24.9 Å². The Labute approximate surface area is 110 Å². The molecule has 0 amide bonds. The second-order valence-electron chi connectivity index (χ2n) is 3.81. The van der Waals surface area contributed by atoms with Crippen LogP contribution >= 0.6 is 0 Å². The number of hydrogen-bond acceptors (Lipinski definition) is 7. The summed E-state index contributed by atoms with van der Waals surface area (Å²) in [5, 5.41) is 10.1. The van der Waals surface area contributed by atoms with Crippen molar-refractivity contribution in [2.75, 3.05) is 29.9 Å². The third-order valence-corrected chi connectivity index (χ3v) is 3.82. The molecular weight excluding hydrogens is 270 g/mol. The fourth-order valence-electron chi connectivity index (χ4n) is 1.58. The molecule has 5 N–H and O–H groups in total. The third-order valence-electron chi connectivity index (χ3n) is 2.35. The molecule has 104 valence electrons. The number of nitrogens with zero attached hydrogens (tertiary/aromatic N) is 3. The normalized spacial score (nSPS) is 11.8. The highest BCUT2D eigenvalue weighted by Gasteiger charge is 2.11. The van der Waals surface area contributed by atoms with Crippen LogP contribution in [-0.2, 0) is 10.0 Å². The van der Waals surface area contributed by atoms with Gasteiger partial charge in [-0.25, -0.2) is 13.1 Å². The lowest BCUT2D eigenvalue weighted by molar-refractivity contribution is 0.584. The predicted octanol–water partition coefficient (Wildman–Crippen LogP) is -0.714. The number of sulfonamides is 1. The lowest BCUT2D eigenvalue weighted by Crippen LogP contribution is -2.29. The van der Waals surface area contributed by atoms with Gasteiger partial charge in [0, 0.05) is 13.1 Å². The minimum absolute atomic E-state index is 0.0515. The molecule has 0 aromatic carbocycles. The Morgan fingerprint density at radius 3 is 2.95 bits per heavy atom. The second kappa shape index (κ2) is 5.36. The first-order valence-corrected chi connectivity index (χ1v) is 7.35. The Hall–Kier alpha value is -1.94. The van der Waals surface area contributed by atoms with Crippen LogP contribution in [0.5, 0.6) is 0 Å². The molecule has 0 aliphatic heterocycles. The number of aromatic nitrogens is 4. The van der Waals surface area contributed by atoms with Crippen molar-refractivity contribution in [2.45, 2.75) is 6.92 Å². The molecule has 9 nitrogen and oxygen atoms in total. The van der Waals surface area contributed by atoms with E-state index in [1.54, 1.807) is 13.1 Å². The van der Waals surface area contributed by atoms with Crippen LogP contribution in [0.1, 0.15) is 6.92 Å². The summed E-state index contributed by atoms with van der Waals surface area (Å²) in [6, 6.07) is 0. The van der Waals surface area contributed by atoms with Crippen molar-refractivity contribution in [3.63, 3.8) is 0 Å². The molecule has 19 heavy (non-hydrogen) atoms. The minimum atomic E-state index is -3.26. The van der Waals surface area contributed by atoms with Gasteiger partial charge in [-0.2, -0.15) is 15.1 Å². The van der Waals surface area contributed by atoms with Crippen LogP contribution in [-0.4, -0.2) is 47.4 Å². The number of hydrogen-bond donors (Lipinski definition) is 4. The lowest BCUT2D eigenvalue weighted by atomic mass is 10.4. The predicted molar refractivity (Wildman–Crippen MR) is 72.0 cm³/mol. The van der Waals surface area contributed by atoms with Gasteiger partial charge in [-0.05, 0) is 0 Å². The van der Waals surface area contributed by atoms with Crippen molar-refractivity contribution >= 4 is 32.8 Å². The van der Waals surface area contributed by atoms with Crippen LogP contribution in [0.25, 0.3) is 11.0 Å². The van der Waals surface area contributed by atoms with Gasteiger partial charge in [0.25, 0.3) is 0 Å². The van der Waals surface area contributed by atoms with Gasteiger partial charge in [-0.15, -0.1) is 0 Å². The average Bonchev–Trinajstić information content (AvgIpc) is 2.76. The van der Waals surface area contributed by atoms with Crippen molar-refractivity contribution in [3.05, 3.63) is 6.20 Å². The molecule has 2 aromatic heterocycles. The number of aromatic amines is 1. The van der Waals surface area contributed by atoms with Gasteiger partial charge in [0.2, 0.25) is 16.0 Å². The molecule has 0 unspecified atom stereocenters. The maximum absolute atomic E-state index is 11.5. The van der Waals surface area contributed by atoms with Crippen LogP contribution in [0.2, 0.25) is 0 Å². The summed E-state index contributed by atoms with van der Waals surface area (Å²) < 4.78 is 25.4. The molecule has 0 saturated heterocycles. The maximum Gasteiger partial charge on any atom is 0.224 e. The fraction of sp³-hybridized carbons (Fsp3) is 0.444. The summed E-state index contributed by atoms with van der Waals surface area (Å²) in [5.74, 6) is 0.501. The largest absolute Gasteiger partial charge is 0.368 e. The highest BCUT2D eigenvalue weighted by atomic mass is 32.2. The molecule has 2 aromatic rings. The van der Waals surface area contributed by atoms with Gasteiger partial charge in [0.1, 0.15) is 5.82 Å². The van der Waals surface area contributed by atoms with Crippen LogP contribution in [0.3, 0.4) is 0 Å². The maximum atomic E-state index is 11.5. The fourth-order valence-corrected chi connectivity index (χ4v) is 2.54. The number of H-pyrrole nitrogens is 1. The summed E-state index contributed by atoms with van der Waals surface area (Å²) in [6.45, 7) is 2.31. The Balaban J connectivity index is 2.08. The van der Waals surface area contributed by atoms with Gasteiger partial charge < -0.3 is 11.1 Å². The monoisotopic (exact) mass is 285 g/mol. The Morgan fingerprint density at radius 2 is 2.21 bits per heavy atom. The summed E-state index contributed by atoms with van der Waals surface area (Å²) in [6.07, 6.45) is 1.55. The van der Waals surface area contributed by atoms with E-state index in [1.165, 1.54) is 0 Å². The third kappa shape index (κ3) is 3.29. The zero-order chi connectivity index (χ0) is 13.9. The first-order chi connectivity index (χ1) is 9.02. The SMILES string of the molecule is CCNS(=O)(=O)CCNc1nc(N)nc2[nH]ncc12. The van der Waals surface area contributed by atoms with E-state index in [2.05, 4.69) is 30.2 Å². The molecule has 0 aliphatic rings. The van der Waals surface area contributed by atoms with E-state index < -0.39 is 10.0 Å². The first kappa shape index (κ1) is 13.5. The zero-order valence-corrected chi connectivity index (χ0v) is 11.2. The highest BCUT2D eigenvalue weighted by molar-refractivity contribution is 7.89. The smallest absolute Gasteiger partial charge is 0.224 e. The Kier molecular flexibility index (Phi) is 3.81. The van der Waals surface area contributed by atoms with Crippen molar-refractivity contribution in [2.24, 2.45) is 0 Å². The van der Waals surface area contributed by atoms with E-state index in [9.17, 15) is 8.42 Å². The number of nitrogen functional groups attached to an aromatic ring is 1. The van der Waals surface area contributed by atoms with E-state index in [-0.39, 0.29) is 18.2 Å². The van der Waals surface area contributed by atoms with Crippen LogP contribution in [0.15, 0.2) is 6.20 Å². The van der Waals surface area contributed by atoms with E-state index in [4.69, 9.17) is 5.73 Å². The summed E-state index contributed by atoms with van der Waals surface area (Å²) in [4.78, 5) is 7.98. The average molecular weight is 285 g/mol. The Bertz CT molecular complexity index is 666. The lowest BCUT2D eigenvalue weighted by Gasteiger charge is -2.07. The first-order valence-electron chi connectivity index (χ1n) is 5.69. The quantitative estimate of drug-likeness (QED) is 0.549. The molecule has 2 rings (SSSR count). The molecule has 2 heterocycles. The highest BCUT2D eigenvalue weighted by Crippen LogP contribution is 2.18. The number of nitrogens with one attached hydrogen (secondary N) is 3. The van der Waals surface area contributed by atoms with E-state index in [0.717, 1.165) is 0 Å². The van der Waals surface area contributed by atoms with Crippen molar-refractivity contribution in [1.29, 1.82) is 0 Å². The van der Waals surface area contributed by atoms with E-state index in [1.807, 2.05) is 0 Å². The number of nitrogens with two attached hydrogens (primary N) is 1.